The van der Waals surface area contributed by atoms with Crippen LogP contribution in [0.2, 0.25) is 0 Å². The summed E-state index contributed by atoms with van der Waals surface area (Å²) in [6.07, 6.45) is 5.38. The molecule has 126 valence electrons. The quantitative estimate of drug-likeness (QED) is 0.931. The molecule has 1 aromatic heterocycles. The van der Waals surface area contributed by atoms with Gasteiger partial charge in [0, 0.05) is 22.3 Å². The van der Waals surface area contributed by atoms with Crippen molar-refractivity contribution in [1.29, 1.82) is 0 Å². The Balaban J connectivity index is 1.68. The second-order valence-electron chi connectivity index (χ2n) is 6.57. The van der Waals surface area contributed by atoms with Gasteiger partial charge in [-0.15, -0.1) is 0 Å². The van der Waals surface area contributed by atoms with Crippen LogP contribution in [0.25, 0.3) is 5.69 Å². The van der Waals surface area contributed by atoms with E-state index in [0.717, 1.165) is 42.6 Å². The van der Waals surface area contributed by atoms with E-state index in [2.05, 4.69) is 10.4 Å². The number of hydrogen-bond acceptors (Lipinski definition) is 3. The monoisotopic (exact) mass is 343 g/mol. The molecule has 0 saturated heterocycles. The Morgan fingerprint density at radius 1 is 1.12 bits per heavy atom. The van der Waals surface area contributed by atoms with Crippen molar-refractivity contribution in [3.63, 3.8) is 0 Å². The van der Waals surface area contributed by atoms with Crippen molar-refractivity contribution in [2.24, 2.45) is 5.92 Å². The van der Waals surface area contributed by atoms with Crippen molar-refractivity contribution in [2.45, 2.75) is 43.6 Å². The SMILES string of the molecule is O=C(Nc1c2c(nn1-c1ccccc1)C[S@](=O)C2)C1CCCCC1. The smallest absolute Gasteiger partial charge is 0.228 e. The highest BCUT2D eigenvalue weighted by Gasteiger charge is 2.30. The van der Waals surface area contributed by atoms with Gasteiger partial charge in [-0.05, 0) is 25.0 Å². The van der Waals surface area contributed by atoms with E-state index >= 15 is 0 Å². The third kappa shape index (κ3) is 2.90. The number of carbonyl (C=O) groups is 1. The summed E-state index contributed by atoms with van der Waals surface area (Å²) in [5.41, 5.74) is 2.69. The first-order valence-corrected chi connectivity index (χ1v) is 10.0. The molecule has 2 aliphatic rings. The zero-order valence-electron chi connectivity index (χ0n) is 13.5. The lowest BCUT2D eigenvalue weighted by Gasteiger charge is -2.21. The third-order valence-electron chi connectivity index (χ3n) is 4.89. The maximum Gasteiger partial charge on any atom is 0.228 e. The molecule has 1 amide bonds. The third-order valence-corrected chi connectivity index (χ3v) is 6.09. The van der Waals surface area contributed by atoms with E-state index in [1.54, 1.807) is 4.68 Å². The minimum Gasteiger partial charge on any atom is -0.310 e. The first-order chi connectivity index (χ1) is 11.7. The molecule has 1 saturated carbocycles. The van der Waals surface area contributed by atoms with Gasteiger partial charge < -0.3 is 5.32 Å². The molecule has 2 heterocycles. The molecule has 6 heteroatoms. The number of para-hydroxylation sites is 1. The van der Waals surface area contributed by atoms with Gasteiger partial charge in [0.2, 0.25) is 5.91 Å². The van der Waals surface area contributed by atoms with Crippen LogP contribution in [0.15, 0.2) is 30.3 Å². The van der Waals surface area contributed by atoms with Gasteiger partial charge in [0.25, 0.3) is 0 Å². The predicted molar refractivity (Wildman–Crippen MR) is 94.3 cm³/mol. The van der Waals surface area contributed by atoms with Crippen LogP contribution in [0.4, 0.5) is 5.82 Å². The lowest BCUT2D eigenvalue weighted by atomic mass is 9.88. The topological polar surface area (TPSA) is 64.0 Å². The second-order valence-corrected chi connectivity index (χ2v) is 8.03. The van der Waals surface area contributed by atoms with E-state index in [1.807, 2.05) is 30.3 Å². The minimum atomic E-state index is -0.910. The van der Waals surface area contributed by atoms with Gasteiger partial charge in [-0.25, -0.2) is 4.68 Å². The van der Waals surface area contributed by atoms with Gasteiger partial charge in [-0.3, -0.25) is 9.00 Å². The largest absolute Gasteiger partial charge is 0.310 e. The number of rotatable bonds is 3. The first-order valence-electron chi connectivity index (χ1n) is 8.54. The van der Waals surface area contributed by atoms with Crippen molar-refractivity contribution < 1.29 is 9.00 Å². The standard InChI is InChI=1S/C18H21N3O2S/c22-18(13-7-3-1-4-8-13)19-17-15-11-24(23)12-16(15)20-21(17)14-9-5-2-6-10-14/h2,5-6,9-10,13H,1,3-4,7-8,11-12H2,(H,19,22)/t24-/m1/s1. The molecule has 24 heavy (non-hydrogen) atoms. The van der Waals surface area contributed by atoms with Gasteiger partial charge in [0.1, 0.15) is 5.82 Å². The Morgan fingerprint density at radius 2 is 1.88 bits per heavy atom. The van der Waals surface area contributed by atoms with Crippen molar-refractivity contribution in [3.8, 4) is 5.69 Å². The number of nitrogens with one attached hydrogen (secondary N) is 1. The number of hydrogen-bond donors (Lipinski definition) is 1. The summed E-state index contributed by atoms with van der Waals surface area (Å²) in [7, 11) is -0.910. The Morgan fingerprint density at radius 3 is 2.62 bits per heavy atom. The highest BCUT2D eigenvalue weighted by Crippen LogP contribution is 2.32. The molecule has 1 fully saturated rings. The average molecular weight is 343 g/mol. The molecule has 1 aliphatic carbocycles. The van der Waals surface area contributed by atoms with Gasteiger partial charge in [0.15, 0.2) is 0 Å². The minimum absolute atomic E-state index is 0.0762. The normalized spacial score (nSPS) is 20.8. The van der Waals surface area contributed by atoms with Crippen LogP contribution < -0.4 is 5.32 Å². The van der Waals surface area contributed by atoms with Crippen LogP contribution in [-0.2, 0) is 27.1 Å². The number of carbonyl (C=O) groups excluding carboxylic acids is 1. The summed E-state index contributed by atoms with van der Waals surface area (Å²) in [5, 5.41) is 7.73. The van der Waals surface area contributed by atoms with E-state index in [4.69, 9.17) is 0 Å². The van der Waals surface area contributed by atoms with Crippen LogP contribution in [0.5, 0.6) is 0 Å². The lowest BCUT2D eigenvalue weighted by molar-refractivity contribution is -0.120. The Kier molecular flexibility index (Phi) is 4.22. The number of benzene rings is 1. The second kappa shape index (κ2) is 6.51. The van der Waals surface area contributed by atoms with Gasteiger partial charge in [-0.2, -0.15) is 5.10 Å². The number of aromatic nitrogens is 2. The molecule has 2 aromatic rings. The molecule has 5 nitrogen and oxygen atoms in total. The molecule has 1 aliphatic heterocycles. The molecule has 0 radical (unpaired) electrons. The van der Waals surface area contributed by atoms with Gasteiger partial charge in [0.05, 0.1) is 22.9 Å². The first kappa shape index (κ1) is 15.6. The number of amides is 1. The summed E-state index contributed by atoms with van der Waals surface area (Å²) in [6.45, 7) is 0. The lowest BCUT2D eigenvalue weighted by Crippen LogP contribution is -2.26. The fraction of sp³-hybridized carbons (Fsp3) is 0.444. The highest BCUT2D eigenvalue weighted by atomic mass is 32.2. The summed E-state index contributed by atoms with van der Waals surface area (Å²) < 4.78 is 13.7. The summed E-state index contributed by atoms with van der Waals surface area (Å²) in [4.78, 5) is 12.7. The van der Waals surface area contributed by atoms with E-state index in [-0.39, 0.29) is 11.8 Å². The Labute approximate surface area is 143 Å². The van der Waals surface area contributed by atoms with Crippen molar-refractivity contribution in [2.75, 3.05) is 5.32 Å². The molecule has 0 unspecified atom stereocenters. The van der Waals surface area contributed by atoms with Crippen LogP contribution in [-0.4, -0.2) is 19.9 Å². The number of nitrogens with zero attached hydrogens (tertiary/aromatic N) is 2. The summed E-state index contributed by atoms with van der Waals surface area (Å²) >= 11 is 0. The zero-order chi connectivity index (χ0) is 16.5. The van der Waals surface area contributed by atoms with Crippen LogP contribution in [0, 0.1) is 5.92 Å². The molecule has 1 N–H and O–H groups in total. The van der Waals surface area contributed by atoms with Crippen LogP contribution in [0.1, 0.15) is 43.4 Å². The maximum atomic E-state index is 12.7. The zero-order valence-corrected chi connectivity index (χ0v) is 14.3. The molecule has 4 rings (SSSR count). The summed E-state index contributed by atoms with van der Waals surface area (Å²) in [5.74, 6) is 1.81. The van der Waals surface area contributed by atoms with Crippen LogP contribution >= 0.6 is 0 Å². The molecular formula is C18H21N3O2S. The average Bonchev–Trinajstić information content (AvgIpc) is 3.13. The molecule has 1 atom stereocenters. The van der Waals surface area contributed by atoms with Crippen LogP contribution in [0.3, 0.4) is 0 Å². The fourth-order valence-corrected chi connectivity index (χ4v) is 4.86. The van der Waals surface area contributed by atoms with E-state index < -0.39 is 10.8 Å². The van der Waals surface area contributed by atoms with Crippen molar-refractivity contribution in [3.05, 3.63) is 41.6 Å². The van der Waals surface area contributed by atoms with E-state index in [1.165, 1.54) is 6.42 Å². The maximum absolute atomic E-state index is 12.7. The highest BCUT2D eigenvalue weighted by molar-refractivity contribution is 7.83. The molecule has 1 aromatic carbocycles. The Hall–Kier alpha value is -1.95. The van der Waals surface area contributed by atoms with Gasteiger partial charge in [-0.1, -0.05) is 37.5 Å². The Bertz CT molecular complexity index is 779. The van der Waals surface area contributed by atoms with E-state index in [9.17, 15) is 9.00 Å². The number of anilines is 1. The predicted octanol–water partition coefficient (Wildman–Crippen LogP) is 3.15. The molecular weight excluding hydrogens is 322 g/mol. The summed E-state index contributed by atoms with van der Waals surface area (Å²) in [6, 6.07) is 9.79. The molecule has 0 bridgehead atoms. The van der Waals surface area contributed by atoms with E-state index in [0.29, 0.717) is 17.3 Å². The fourth-order valence-electron chi connectivity index (χ4n) is 3.60. The number of fused-ring (bicyclic) bond motifs is 1. The van der Waals surface area contributed by atoms with Crippen molar-refractivity contribution in [1.82, 2.24) is 9.78 Å². The molecule has 0 spiro atoms. The van der Waals surface area contributed by atoms with Crippen molar-refractivity contribution >= 4 is 22.5 Å². The van der Waals surface area contributed by atoms with Gasteiger partial charge >= 0.3 is 0 Å².